The third-order valence-corrected chi connectivity index (χ3v) is 6.93. The lowest BCUT2D eigenvalue weighted by atomic mass is 9.74. The molecular formula is C26H30F3N3O3. The predicted octanol–water partition coefficient (Wildman–Crippen LogP) is 7.32. The lowest BCUT2D eigenvalue weighted by Gasteiger charge is -2.39. The van der Waals surface area contributed by atoms with Crippen LogP contribution in [0.15, 0.2) is 36.4 Å². The van der Waals surface area contributed by atoms with Crippen molar-refractivity contribution in [3.8, 4) is 5.75 Å². The number of fused-ring (bicyclic) bond motifs is 1. The first-order valence-corrected chi connectivity index (χ1v) is 11.8. The van der Waals surface area contributed by atoms with Crippen LogP contribution in [0.5, 0.6) is 5.75 Å². The minimum Gasteiger partial charge on any atom is -0.478 e. The molecule has 0 unspecified atom stereocenters. The molecule has 0 aliphatic heterocycles. The molecule has 1 aliphatic carbocycles. The quantitative estimate of drug-likeness (QED) is 0.379. The number of hydrogen-bond donors (Lipinski definition) is 2. The van der Waals surface area contributed by atoms with Crippen LogP contribution in [0.4, 0.5) is 24.8 Å². The molecule has 1 aromatic heterocycles. The summed E-state index contributed by atoms with van der Waals surface area (Å²) in [6.07, 6.45) is -1.57. The number of ether oxygens (including phenoxy) is 1. The van der Waals surface area contributed by atoms with E-state index in [9.17, 15) is 23.1 Å². The zero-order valence-electron chi connectivity index (χ0n) is 20.2. The summed E-state index contributed by atoms with van der Waals surface area (Å²) in [4.78, 5) is 16.5. The molecule has 1 saturated carbocycles. The Morgan fingerprint density at radius 1 is 1.20 bits per heavy atom. The van der Waals surface area contributed by atoms with E-state index in [1.807, 2.05) is 6.07 Å². The Balaban J connectivity index is 1.80. The molecule has 1 aliphatic rings. The molecule has 1 fully saturated rings. The van der Waals surface area contributed by atoms with Gasteiger partial charge < -0.3 is 19.7 Å². The number of rotatable bonds is 6. The number of nitrogens with one attached hydrogen (secondary N) is 1. The van der Waals surface area contributed by atoms with Crippen LogP contribution in [0.1, 0.15) is 62.0 Å². The largest absolute Gasteiger partial charge is 0.573 e. The number of nitrogens with zero attached hydrogens (tertiary/aromatic N) is 2. The van der Waals surface area contributed by atoms with Gasteiger partial charge in [-0.2, -0.15) is 0 Å². The van der Waals surface area contributed by atoms with E-state index in [4.69, 9.17) is 4.98 Å². The average molecular weight is 490 g/mol. The van der Waals surface area contributed by atoms with Crippen LogP contribution >= 0.6 is 0 Å². The molecule has 0 spiro atoms. The lowest BCUT2D eigenvalue weighted by molar-refractivity contribution is -0.274. The van der Waals surface area contributed by atoms with Gasteiger partial charge in [0.05, 0.1) is 16.6 Å². The molecule has 2 N–H and O–H groups in total. The zero-order valence-corrected chi connectivity index (χ0v) is 20.2. The number of benzene rings is 2. The second-order valence-corrected chi connectivity index (χ2v) is 9.86. The molecule has 9 heteroatoms. The van der Waals surface area contributed by atoms with E-state index in [-0.39, 0.29) is 17.4 Å². The van der Waals surface area contributed by atoms with Gasteiger partial charge in [-0.15, -0.1) is 13.2 Å². The fraction of sp³-hybridized carbons (Fsp3) is 0.462. The maximum atomic E-state index is 12.5. The minimum atomic E-state index is -4.76. The third kappa shape index (κ3) is 5.39. The summed E-state index contributed by atoms with van der Waals surface area (Å²) in [7, 11) is 0. The lowest BCUT2D eigenvalue weighted by Crippen LogP contribution is -2.30. The maximum absolute atomic E-state index is 12.5. The summed E-state index contributed by atoms with van der Waals surface area (Å²) >= 11 is 0. The summed E-state index contributed by atoms with van der Waals surface area (Å²) in [5.41, 5.74) is 2.80. The molecule has 188 valence electrons. The first-order valence-electron chi connectivity index (χ1n) is 11.8. The Morgan fingerprint density at radius 2 is 1.89 bits per heavy atom. The molecule has 3 aromatic rings. The SMILES string of the molecule is Cc1cc2c(cc1C(=O)O)nc(Nc1ccc(OC(F)(F)F)cc1)n2[C@@H]1C[C@H](C)CC[C@@H]1C(C)C. The molecule has 0 radical (unpaired) electrons. The second kappa shape index (κ2) is 9.43. The standard InChI is InChI=1S/C26H30F3N3O3/c1-14(2)19-10-5-15(3)11-22(19)32-23-12-16(4)20(24(33)34)13-21(23)31-25(32)30-17-6-8-18(9-7-17)35-26(27,28)29/h6-9,12-15,19,22H,5,10-11H2,1-4H3,(H,30,31)(H,33,34)/t15-,19-,22-/m1/s1. The highest BCUT2D eigenvalue weighted by molar-refractivity contribution is 5.95. The summed E-state index contributed by atoms with van der Waals surface area (Å²) in [5.74, 6) is 0.594. The van der Waals surface area contributed by atoms with E-state index in [0.29, 0.717) is 40.5 Å². The molecule has 2 aromatic carbocycles. The van der Waals surface area contributed by atoms with Crippen molar-refractivity contribution in [2.24, 2.45) is 17.8 Å². The molecular weight excluding hydrogens is 459 g/mol. The van der Waals surface area contributed by atoms with Gasteiger partial charge in [-0.25, -0.2) is 9.78 Å². The fourth-order valence-electron chi connectivity index (χ4n) is 5.22. The van der Waals surface area contributed by atoms with Gasteiger partial charge in [-0.05, 0) is 79.5 Å². The van der Waals surface area contributed by atoms with Crippen LogP contribution < -0.4 is 10.1 Å². The molecule has 0 saturated heterocycles. The van der Waals surface area contributed by atoms with Crippen molar-refractivity contribution in [2.75, 3.05) is 5.32 Å². The number of hydrogen-bond acceptors (Lipinski definition) is 4. The second-order valence-electron chi connectivity index (χ2n) is 9.86. The monoisotopic (exact) mass is 489 g/mol. The summed E-state index contributed by atoms with van der Waals surface area (Å²) in [5, 5.41) is 12.9. The van der Waals surface area contributed by atoms with Gasteiger partial charge in [0.25, 0.3) is 0 Å². The van der Waals surface area contributed by atoms with Gasteiger partial charge in [0.15, 0.2) is 0 Å². The van der Waals surface area contributed by atoms with Crippen molar-refractivity contribution < 1.29 is 27.8 Å². The Morgan fingerprint density at radius 3 is 2.49 bits per heavy atom. The summed E-state index contributed by atoms with van der Waals surface area (Å²) < 4.78 is 43.7. The van der Waals surface area contributed by atoms with Crippen LogP contribution in [-0.4, -0.2) is 27.0 Å². The van der Waals surface area contributed by atoms with Gasteiger partial charge in [0, 0.05) is 11.7 Å². The number of halogens is 3. The van der Waals surface area contributed by atoms with Gasteiger partial charge >= 0.3 is 12.3 Å². The number of aryl methyl sites for hydroxylation is 1. The topological polar surface area (TPSA) is 76.4 Å². The van der Waals surface area contributed by atoms with Crippen LogP contribution in [0.3, 0.4) is 0 Å². The highest BCUT2D eigenvalue weighted by Crippen LogP contribution is 2.44. The Hall–Kier alpha value is -3.23. The molecule has 6 nitrogen and oxygen atoms in total. The first-order chi connectivity index (χ1) is 16.4. The number of carboxylic acid groups (broad SMARTS) is 1. The first kappa shape index (κ1) is 24.9. The molecule has 1 heterocycles. The normalized spacial score (nSPS) is 20.9. The van der Waals surface area contributed by atoms with Crippen LogP contribution in [0.2, 0.25) is 0 Å². The number of imidazole rings is 1. The van der Waals surface area contributed by atoms with Crippen molar-refractivity contribution in [2.45, 2.75) is 59.4 Å². The van der Waals surface area contributed by atoms with E-state index in [1.54, 1.807) is 13.0 Å². The Bertz CT molecular complexity index is 1220. The third-order valence-electron chi connectivity index (χ3n) is 6.93. The number of alkyl halides is 3. The smallest absolute Gasteiger partial charge is 0.478 e. The van der Waals surface area contributed by atoms with Crippen molar-refractivity contribution in [1.29, 1.82) is 0 Å². The van der Waals surface area contributed by atoms with Crippen molar-refractivity contribution in [1.82, 2.24) is 9.55 Å². The van der Waals surface area contributed by atoms with E-state index in [1.165, 1.54) is 24.3 Å². The van der Waals surface area contributed by atoms with Crippen molar-refractivity contribution in [3.63, 3.8) is 0 Å². The van der Waals surface area contributed by atoms with Crippen molar-refractivity contribution in [3.05, 3.63) is 47.5 Å². The minimum absolute atomic E-state index is 0.147. The molecule has 4 rings (SSSR count). The Kier molecular flexibility index (Phi) is 6.71. The van der Waals surface area contributed by atoms with Gasteiger partial charge in [0.2, 0.25) is 5.95 Å². The van der Waals surface area contributed by atoms with E-state index < -0.39 is 12.3 Å². The van der Waals surface area contributed by atoms with Crippen LogP contribution in [0.25, 0.3) is 11.0 Å². The average Bonchev–Trinajstić information content (AvgIpc) is 3.09. The van der Waals surface area contributed by atoms with E-state index in [0.717, 1.165) is 24.8 Å². The number of carboxylic acids is 1. The number of anilines is 2. The van der Waals surface area contributed by atoms with Gasteiger partial charge in [-0.3, -0.25) is 0 Å². The van der Waals surface area contributed by atoms with Gasteiger partial charge in [0.1, 0.15) is 5.75 Å². The van der Waals surface area contributed by atoms with Crippen LogP contribution in [0, 0.1) is 24.7 Å². The molecule has 0 bridgehead atoms. The molecule has 0 amide bonds. The predicted molar refractivity (Wildman–Crippen MR) is 128 cm³/mol. The molecule has 35 heavy (non-hydrogen) atoms. The van der Waals surface area contributed by atoms with Crippen molar-refractivity contribution >= 4 is 28.6 Å². The Labute approximate surface area is 202 Å². The number of aromatic carboxylic acids is 1. The maximum Gasteiger partial charge on any atom is 0.573 e. The highest BCUT2D eigenvalue weighted by atomic mass is 19.4. The van der Waals surface area contributed by atoms with Gasteiger partial charge in [-0.1, -0.05) is 27.2 Å². The number of aromatic nitrogens is 2. The number of carbonyl (C=O) groups is 1. The summed E-state index contributed by atoms with van der Waals surface area (Å²) in [6, 6.07) is 9.10. The van der Waals surface area contributed by atoms with Crippen LogP contribution in [-0.2, 0) is 0 Å². The molecule has 3 atom stereocenters. The van der Waals surface area contributed by atoms with E-state index in [2.05, 4.69) is 35.4 Å². The summed E-state index contributed by atoms with van der Waals surface area (Å²) in [6.45, 7) is 8.44. The highest BCUT2D eigenvalue weighted by Gasteiger charge is 2.35. The zero-order chi connectivity index (χ0) is 25.5. The fourth-order valence-corrected chi connectivity index (χ4v) is 5.22. The van der Waals surface area contributed by atoms with E-state index >= 15 is 0 Å².